The number of carbonyl (C=O) groups excluding carboxylic acids is 1. The van der Waals surface area contributed by atoms with Crippen molar-refractivity contribution in [1.29, 1.82) is 10.5 Å². The van der Waals surface area contributed by atoms with E-state index in [1.165, 1.54) is 6.92 Å². The van der Waals surface area contributed by atoms with Crippen LogP contribution in [-0.2, 0) is 0 Å². The van der Waals surface area contributed by atoms with Gasteiger partial charge in [0.1, 0.15) is 0 Å². The second kappa shape index (κ2) is 4.81. The number of nitriles is 2. The highest BCUT2D eigenvalue weighted by Gasteiger charge is 2.10. The Morgan fingerprint density at radius 1 is 1.25 bits per heavy atom. The number of nitrogens with one attached hydrogen (secondary N) is 2. The summed E-state index contributed by atoms with van der Waals surface area (Å²) in [6, 6.07) is 3.19. The van der Waals surface area contributed by atoms with Gasteiger partial charge in [-0.1, -0.05) is 0 Å². The molecule has 0 aliphatic carbocycles. The van der Waals surface area contributed by atoms with Crippen molar-refractivity contribution < 1.29 is 4.79 Å². The second-order valence-corrected chi connectivity index (χ2v) is 3.23. The van der Waals surface area contributed by atoms with Crippen LogP contribution >= 0.6 is 0 Å². The molecular weight excluding hydrogens is 204 g/mol. The van der Waals surface area contributed by atoms with Crippen LogP contribution in [0.1, 0.15) is 22.8 Å². The van der Waals surface area contributed by atoms with Gasteiger partial charge >= 0.3 is 0 Å². The molecule has 1 aromatic rings. The zero-order valence-electron chi connectivity index (χ0n) is 8.96. The summed E-state index contributed by atoms with van der Waals surface area (Å²) in [7, 11) is 0. The quantitative estimate of drug-likeness (QED) is 0.456. The smallest absolute Gasteiger partial charge is 0.181 e. The number of nitrogens with zero attached hydrogens (tertiary/aromatic N) is 2. The van der Waals surface area contributed by atoms with Crippen LogP contribution in [0, 0.1) is 29.8 Å². The maximum absolute atomic E-state index is 11.4. The maximum Gasteiger partial charge on any atom is 0.181 e. The van der Waals surface area contributed by atoms with Gasteiger partial charge in [0.2, 0.25) is 0 Å². The second-order valence-electron chi connectivity index (χ2n) is 3.23. The third-order valence-corrected chi connectivity index (χ3v) is 2.18. The van der Waals surface area contributed by atoms with Crippen LogP contribution in [0.2, 0.25) is 0 Å². The lowest BCUT2D eigenvalue weighted by Crippen LogP contribution is -2.02. The Morgan fingerprint density at radius 3 is 2.38 bits per heavy atom. The molecule has 2 N–H and O–H groups in total. The minimum atomic E-state index is -0.111. The molecule has 0 unspecified atom stereocenters. The van der Waals surface area contributed by atoms with E-state index < -0.39 is 0 Å². The van der Waals surface area contributed by atoms with E-state index in [1.54, 1.807) is 31.4 Å². The molecule has 0 aromatic heterocycles. The molecule has 0 saturated carbocycles. The van der Waals surface area contributed by atoms with Crippen molar-refractivity contribution in [1.82, 2.24) is 0 Å². The van der Waals surface area contributed by atoms with Crippen LogP contribution in [0.3, 0.4) is 0 Å². The number of ketones is 1. The predicted octanol–water partition coefficient (Wildman–Crippen LogP) is 1.98. The topological polar surface area (TPSA) is 88.7 Å². The summed E-state index contributed by atoms with van der Waals surface area (Å²) in [5, 5.41) is 22.0. The Hall–Kier alpha value is -2.53. The van der Waals surface area contributed by atoms with Crippen molar-refractivity contribution in [2.45, 2.75) is 13.8 Å². The standard InChI is InChI=1S/C11H10N4O/c1-7-10(8(2)16)3-9(14-5-12)4-11(7)15-6-13/h3-4,14-15H,1-2H3. The number of rotatable bonds is 3. The Morgan fingerprint density at radius 2 is 1.88 bits per heavy atom. The fourth-order valence-corrected chi connectivity index (χ4v) is 1.41. The summed E-state index contributed by atoms with van der Waals surface area (Å²) in [5.74, 6) is -0.111. The van der Waals surface area contributed by atoms with Gasteiger partial charge in [0, 0.05) is 5.56 Å². The van der Waals surface area contributed by atoms with Crippen molar-refractivity contribution in [3.63, 3.8) is 0 Å². The first-order chi connectivity index (χ1) is 7.60. The number of benzene rings is 1. The van der Waals surface area contributed by atoms with E-state index in [-0.39, 0.29) is 5.78 Å². The Kier molecular flexibility index (Phi) is 3.47. The molecule has 5 heteroatoms. The lowest BCUT2D eigenvalue weighted by atomic mass is 10.0. The van der Waals surface area contributed by atoms with Crippen LogP contribution in [0.5, 0.6) is 0 Å². The van der Waals surface area contributed by atoms with Crippen LogP contribution in [0.15, 0.2) is 12.1 Å². The molecule has 0 aliphatic heterocycles. The molecule has 0 radical (unpaired) electrons. The summed E-state index contributed by atoms with van der Waals surface area (Å²) in [5.41, 5.74) is 2.18. The lowest BCUT2D eigenvalue weighted by molar-refractivity contribution is 0.101. The van der Waals surface area contributed by atoms with Crippen molar-refractivity contribution >= 4 is 17.2 Å². The van der Waals surface area contributed by atoms with Crippen molar-refractivity contribution in [3.8, 4) is 12.4 Å². The first kappa shape index (κ1) is 11.5. The fraction of sp³-hybridized carbons (Fsp3) is 0.182. The number of hydrogen-bond donors (Lipinski definition) is 2. The minimum Gasteiger partial charge on any atom is -0.294 e. The van der Waals surface area contributed by atoms with Gasteiger partial charge in [0.25, 0.3) is 0 Å². The highest BCUT2D eigenvalue weighted by molar-refractivity contribution is 5.98. The average Bonchev–Trinajstić information content (AvgIpc) is 2.23. The molecular formula is C11H10N4O. The van der Waals surface area contributed by atoms with E-state index in [0.29, 0.717) is 22.5 Å². The fourth-order valence-electron chi connectivity index (χ4n) is 1.41. The predicted molar refractivity (Wildman–Crippen MR) is 59.7 cm³/mol. The van der Waals surface area contributed by atoms with Gasteiger partial charge in [-0.05, 0) is 31.5 Å². The van der Waals surface area contributed by atoms with Gasteiger partial charge < -0.3 is 0 Å². The number of anilines is 2. The van der Waals surface area contributed by atoms with Crippen molar-refractivity contribution in [2.24, 2.45) is 0 Å². The molecule has 0 fully saturated rings. The van der Waals surface area contributed by atoms with Gasteiger partial charge in [-0.15, -0.1) is 0 Å². The summed E-state index contributed by atoms with van der Waals surface area (Å²) >= 11 is 0. The summed E-state index contributed by atoms with van der Waals surface area (Å²) in [6.45, 7) is 3.18. The van der Waals surface area contributed by atoms with E-state index in [0.717, 1.165) is 0 Å². The summed E-state index contributed by atoms with van der Waals surface area (Å²) < 4.78 is 0. The third-order valence-electron chi connectivity index (χ3n) is 2.18. The van der Waals surface area contributed by atoms with Crippen molar-refractivity contribution in [2.75, 3.05) is 10.6 Å². The molecule has 80 valence electrons. The summed E-state index contributed by atoms with van der Waals surface area (Å²) in [4.78, 5) is 11.4. The number of Topliss-reactive ketones (excluding diaryl/α,β-unsaturated/α-hetero) is 1. The molecule has 0 atom stereocenters. The van der Waals surface area contributed by atoms with E-state index in [1.807, 2.05) is 0 Å². The van der Waals surface area contributed by atoms with Gasteiger partial charge in [-0.2, -0.15) is 10.5 Å². The van der Waals surface area contributed by atoms with Crippen LogP contribution < -0.4 is 10.6 Å². The third kappa shape index (κ3) is 2.28. The molecule has 1 rings (SSSR count). The van der Waals surface area contributed by atoms with E-state index in [9.17, 15) is 4.79 Å². The summed E-state index contributed by atoms with van der Waals surface area (Å²) in [6.07, 6.45) is 3.56. The SMILES string of the molecule is CC(=O)c1cc(NC#N)cc(NC#N)c1C. The van der Waals surface area contributed by atoms with Gasteiger partial charge in [-0.3, -0.25) is 15.4 Å². The Bertz CT molecular complexity index is 508. The molecule has 0 spiro atoms. The number of hydrogen-bond acceptors (Lipinski definition) is 5. The zero-order valence-corrected chi connectivity index (χ0v) is 8.96. The minimum absolute atomic E-state index is 0.111. The van der Waals surface area contributed by atoms with E-state index >= 15 is 0 Å². The molecule has 1 aromatic carbocycles. The highest BCUT2D eigenvalue weighted by Crippen LogP contribution is 2.25. The maximum atomic E-state index is 11.4. The molecule has 0 amide bonds. The van der Waals surface area contributed by atoms with Crippen LogP contribution in [-0.4, -0.2) is 5.78 Å². The first-order valence-corrected chi connectivity index (χ1v) is 4.56. The average molecular weight is 214 g/mol. The lowest BCUT2D eigenvalue weighted by Gasteiger charge is -2.10. The largest absolute Gasteiger partial charge is 0.294 e. The normalized spacial score (nSPS) is 8.75. The molecule has 0 saturated heterocycles. The molecule has 0 bridgehead atoms. The molecule has 0 aliphatic rings. The Labute approximate surface area is 93.3 Å². The van der Waals surface area contributed by atoms with Crippen LogP contribution in [0.4, 0.5) is 11.4 Å². The molecule has 0 heterocycles. The Balaban J connectivity index is 3.35. The van der Waals surface area contributed by atoms with Gasteiger partial charge in [0.05, 0.1) is 11.4 Å². The van der Waals surface area contributed by atoms with Gasteiger partial charge in [-0.25, -0.2) is 0 Å². The molecule has 5 nitrogen and oxygen atoms in total. The van der Waals surface area contributed by atoms with E-state index in [2.05, 4.69) is 10.6 Å². The van der Waals surface area contributed by atoms with Crippen molar-refractivity contribution in [3.05, 3.63) is 23.3 Å². The van der Waals surface area contributed by atoms with E-state index in [4.69, 9.17) is 10.5 Å². The number of carbonyl (C=O) groups is 1. The highest BCUT2D eigenvalue weighted by atomic mass is 16.1. The zero-order chi connectivity index (χ0) is 12.1. The molecule has 16 heavy (non-hydrogen) atoms. The first-order valence-electron chi connectivity index (χ1n) is 4.56. The monoisotopic (exact) mass is 214 g/mol. The van der Waals surface area contributed by atoms with Gasteiger partial charge in [0.15, 0.2) is 18.2 Å². The van der Waals surface area contributed by atoms with Crippen LogP contribution in [0.25, 0.3) is 0 Å².